The van der Waals surface area contributed by atoms with Crippen LogP contribution in [0.5, 0.6) is 0 Å². The Kier molecular flexibility index (Phi) is 3.76. The molecular weight excluding hydrogens is 356 g/mol. The zero-order valence-corrected chi connectivity index (χ0v) is 15.4. The van der Waals surface area contributed by atoms with Crippen molar-refractivity contribution in [2.75, 3.05) is 26.2 Å². The summed E-state index contributed by atoms with van der Waals surface area (Å²) in [7, 11) is -3.62. The fraction of sp³-hybridized carbons (Fsp3) is 0.389. The smallest absolute Gasteiger partial charge is 0.254 e. The Labute approximate surface area is 151 Å². The van der Waals surface area contributed by atoms with Crippen molar-refractivity contribution in [3.05, 3.63) is 41.7 Å². The number of amides is 1. The number of furan rings is 1. The highest BCUT2D eigenvalue weighted by Gasteiger charge is 2.40. The fourth-order valence-corrected chi connectivity index (χ4v) is 4.97. The van der Waals surface area contributed by atoms with Gasteiger partial charge in [-0.3, -0.25) is 4.79 Å². The number of nitrogens with zero attached hydrogens (tertiary/aromatic N) is 2. The summed E-state index contributed by atoms with van der Waals surface area (Å²) in [6.45, 7) is 4.20. The van der Waals surface area contributed by atoms with Gasteiger partial charge in [-0.25, -0.2) is 8.42 Å². The van der Waals surface area contributed by atoms with E-state index in [0.717, 1.165) is 16.5 Å². The van der Waals surface area contributed by atoms with Crippen LogP contribution in [-0.4, -0.2) is 60.4 Å². The first kappa shape index (κ1) is 17.3. The molecule has 7 nitrogen and oxygen atoms in total. The molecule has 0 unspecified atom stereocenters. The molecule has 0 atom stereocenters. The molecule has 2 aliphatic rings. The molecule has 2 aromatic rings. The summed E-state index contributed by atoms with van der Waals surface area (Å²) >= 11 is 0. The molecule has 0 bridgehead atoms. The van der Waals surface area contributed by atoms with Crippen molar-refractivity contribution < 1.29 is 22.7 Å². The van der Waals surface area contributed by atoms with E-state index in [0.29, 0.717) is 18.7 Å². The largest absolute Gasteiger partial charge is 0.464 e. The highest BCUT2D eigenvalue weighted by molar-refractivity contribution is 7.89. The summed E-state index contributed by atoms with van der Waals surface area (Å²) < 4.78 is 32.6. The summed E-state index contributed by atoms with van der Waals surface area (Å²) in [6.07, 6.45) is 1.53. The Bertz CT molecular complexity index is 1010. The lowest BCUT2D eigenvalue weighted by atomic mass is 10.1. The van der Waals surface area contributed by atoms with Crippen LogP contribution in [0.4, 0.5) is 0 Å². The van der Waals surface area contributed by atoms with Crippen molar-refractivity contribution in [1.29, 1.82) is 0 Å². The monoisotopic (exact) mass is 376 g/mol. The van der Waals surface area contributed by atoms with Crippen molar-refractivity contribution in [2.24, 2.45) is 0 Å². The molecule has 1 aromatic carbocycles. The van der Waals surface area contributed by atoms with E-state index in [2.05, 4.69) is 0 Å². The minimum absolute atomic E-state index is 0.233. The summed E-state index contributed by atoms with van der Waals surface area (Å²) in [6, 6.07) is 6.55. The summed E-state index contributed by atoms with van der Waals surface area (Å²) in [5.41, 5.74) is 1.10. The first-order valence-electron chi connectivity index (χ1n) is 8.35. The molecule has 8 heteroatoms. The number of hydrogen-bond acceptors (Lipinski definition) is 5. The maximum atomic E-state index is 13.0. The van der Waals surface area contributed by atoms with Crippen LogP contribution in [0.15, 0.2) is 51.0 Å². The summed E-state index contributed by atoms with van der Waals surface area (Å²) in [5, 5.41) is 10.6. The van der Waals surface area contributed by atoms with Crippen LogP contribution in [0.25, 0.3) is 11.0 Å². The maximum Gasteiger partial charge on any atom is 0.254 e. The standard InChI is InChI=1S/C18H20N2O5S/c1-18(2,22)17(21)19-8-13-10-20(11-14(13)9-19)26(23,24)15-3-4-16-12(7-15)5-6-25-16/h3-7,22H,8-11H2,1-2H3. The maximum absolute atomic E-state index is 13.0. The third kappa shape index (κ3) is 2.74. The van der Waals surface area contributed by atoms with Crippen molar-refractivity contribution in [1.82, 2.24) is 9.21 Å². The molecular formula is C18H20N2O5S. The molecule has 1 aromatic heterocycles. The lowest BCUT2D eigenvalue weighted by molar-refractivity contribution is -0.146. The molecule has 2 aliphatic heterocycles. The van der Waals surface area contributed by atoms with Crippen LogP contribution in [0.3, 0.4) is 0 Å². The van der Waals surface area contributed by atoms with E-state index >= 15 is 0 Å². The second-order valence-electron chi connectivity index (χ2n) is 7.32. The van der Waals surface area contributed by atoms with Gasteiger partial charge in [0.2, 0.25) is 10.0 Å². The Hall–Kier alpha value is -2.16. The van der Waals surface area contributed by atoms with E-state index in [4.69, 9.17) is 4.42 Å². The average Bonchev–Trinajstić information content (AvgIpc) is 3.26. The molecule has 3 heterocycles. The average molecular weight is 376 g/mol. The van der Waals surface area contributed by atoms with Gasteiger partial charge in [-0.1, -0.05) is 0 Å². The third-order valence-corrected chi connectivity index (χ3v) is 6.66. The predicted octanol–water partition coefficient (Wildman–Crippen LogP) is 1.35. The molecule has 0 fully saturated rings. The lowest BCUT2D eigenvalue weighted by Gasteiger charge is -2.27. The highest BCUT2D eigenvalue weighted by atomic mass is 32.2. The van der Waals surface area contributed by atoms with Crippen LogP contribution in [0, 0.1) is 0 Å². The van der Waals surface area contributed by atoms with E-state index < -0.39 is 15.6 Å². The second-order valence-corrected chi connectivity index (χ2v) is 9.26. The van der Waals surface area contributed by atoms with Crippen molar-refractivity contribution in [2.45, 2.75) is 24.3 Å². The summed E-state index contributed by atoms with van der Waals surface area (Å²) in [4.78, 5) is 14.0. The van der Waals surface area contributed by atoms with Gasteiger partial charge < -0.3 is 14.4 Å². The number of carbonyl (C=O) groups excluding carboxylic acids is 1. The van der Waals surface area contributed by atoms with Crippen LogP contribution in [0.1, 0.15) is 13.8 Å². The van der Waals surface area contributed by atoms with E-state index in [1.807, 2.05) is 0 Å². The van der Waals surface area contributed by atoms with Crippen LogP contribution < -0.4 is 0 Å². The minimum Gasteiger partial charge on any atom is -0.464 e. The van der Waals surface area contributed by atoms with Crippen molar-refractivity contribution >= 4 is 26.9 Å². The van der Waals surface area contributed by atoms with Gasteiger partial charge in [-0.05, 0) is 49.3 Å². The fourth-order valence-electron chi connectivity index (χ4n) is 3.50. The zero-order chi connectivity index (χ0) is 18.7. The first-order chi connectivity index (χ1) is 12.2. The molecule has 0 aliphatic carbocycles. The molecule has 1 amide bonds. The minimum atomic E-state index is -3.62. The normalized spacial score (nSPS) is 18.8. The predicted molar refractivity (Wildman–Crippen MR) is 94.9 cm³/mol. The van der Waals surface area contributed by atoms with E-state index in [1.54, 1.807) is 29.2 Å². The van der Waals surface area contributed by atoms with Crippen molar-refractivity contribution in [3.8, 4) is 0 Å². The van der Waals surface area contributed by atoms with Gasteiger partial charge in [-0.2, -0.15) is 4.31 Å². The van der Waals surface area contributed by atoms with Crippen LogP contribution >= 0.6 is 0 Å². The Morgan fingerprint density at radius 1 is 1.12 bits per heavy atom. The van der Waals surface area contributed by atoms with Crippen LogP contribution in [0.2, 0.25) is 0 Å². The Balaban J connectivity index is 1.51. The number of aliphatic hydroxyl groups is 1. The Morgan fingerprint density at radius 3 is 2.38 bits per heavy atom. The van der Waals surface area contributed by atoms with Gasteiger partial charge in [0.15, 0.2) is 0 Å². The summed E-state index contributed by atoms with van der Waals surface area (Å²) in [5.74, 6) is -0.341. The lowest BCUT2D eigenvalue weighted by Crippen LogP contribution is -2.45. The van der Waals surface area contributed by atoms with Crippen LogP contribution in [-0.2, 0) is 14.8 Å². The molecule has 0 radical (unpaired) electrons. The molecule has 0 spiro atoms. The van der Waals surface area contributed by atoms with Gasteiger partial charge in [0, 0.05) is 31.6 Å². The van der Waals surface area contributed by atoms with Gasteiger partial charge in [0.05, 0.1) is 11.2 Å². The van der Waals surface area contributed by atoms with Gasteiger partial charge >= 0.3 is 0 Å². The van der Waals surface area contributed by atoms with Gasteiger partial charge in [-0.15, -0.1) is 0 Å². The molecule has 138 valence electrons. The van der Waals surface area contributed by atoms with Gasteiger partial charge in [0.25, 0.3) is 5.91 Å². The van der Waals surface area contributed by atoms with Gasteiger partial charge in [0.1, 0.15) is 11.2 Å². The molecule has 0 saturated heterocycles. The van der Waals surface area contributed by atoms with E-state index in [-0.39, 0.29) is 23.9 Å². The number of sulfonamides is 1. The zero-order valence-electron chi connectivity index (χ0n) is 14.6. The molecule has 4 rings (SSSR count). The SMILES string of the molecule is CC(C)(O)C(=O)N1CC2=C(C1)CN(S(=O)(=O)c1ccc3occc3c1)C2. The topological polar surface area (TPSA) is 91.1 Å². The number of hydrogen-bond donors (Lipinski definition) is 1. The van der Waals surface area contributed by atoms with E-state index in [1.165, 1.54) is 24.4 Å². The number of carbonyl (C=O) groups is 1. The number of fused-ring (bicyclic) bond motifs is 1. The first-order valence-corrected chi connectivity index (χ1v) is 9.79. The molecule has 26 heavy (non-hydrogen) atoms. The Morgan fingerprint density at radius 2 is 1.77 bits per heavy atom. The number of benzene rings is 1. The molecule has 0 saturated carbocycles. The molecule has 1 N–H and O–H groups in total. The third-order valence-electron chi connectivity index (χ3n) is 4.87. The second kappa shape index (κ2) is 5.67. The van der Waals surface area contributed by atoms with Crippen molar-refractivity contribution in [3.63, 3.8) is 0 Å². The number of rotatable bonds is 3. The quantitative estimate of drug-likeness (QED) is 0.817. The highest BCUT2D eigenvalue weighted by Crippen LogP contribution is 2.31. The van der Waals surface area contributed by atoms with E-state index in [9.17, 15) is 18.3 Å².